The van der Waals surface area contributed by atoms with Crippen molar-refractivity contribution in [2.75, 3.05) is 0 Å². The van der Waals surface area contributed by atoms with Crippen molar-refractivity contribution in [1.82, 2.24) is 5.32 Å². The molecule has 0 fully saturated rings. The molecule has 2 aromatic rings. The average molecular weight is 283 g/mol. The number of nitrogens with one attached hydrogen (secondary N) is 1. The molecule has 1 amide bonds. The Labute approximate surface area is 124 Å². The third kappa shape index (κ3) is 3.48. The van der Waals surface area contributed by atoms with E-state index in [1.807, 2.05) is 6.07 Å². The molecular weight excluding hydrogens is 265 g/mol. The van der Waals surface area contributed by atoms with Crippen LogP contribution in [-0.4, -0.2) is 5.91 Å². The van der Waals surface area contributed by atoms with Crippen molar-refractivity contribution in [2.24, 2.45) is 0 Å². The standard InChI is InChI=1S/C18H18FNO/c19-17-8-5-13(6-9-17)12-20-18(21)11-14-4-7-15-2-1-3-16(15)10-14/h4-10H,1-3,11-12H2,(H,20,21). The van der Waals surface area contributed by atoms with Crippen molar-refractivity contribution in [3.05, 3.63) is 70.5 Å². The normalized spacial score (nSPS) is 13.0. The number of hydrogen-bond acceptors (Lipinski definition) is 1. The van der Waals surface area contributed by atoms with E-state index in [0.717, 1.165) is 24.0 Å². The Morgan fingerprint density at radius 1 is 1.00 bits per heavy atom. The lowest BCUT2D eigenvalue weighted by atomic mass is 10.0. The third-order valence-corrected chi connectivity index (χ3v) is 3.93. The molecule has 0 unspecified atom stereocenters. The summed E-state index contributed by atoms with van der Waals surface area (Å²) in [4.78, 5) is 12.0. The zero-order valence-electron chi connectivity index (χ0n) is 11.9. The fourth-order valence-electron chi connectivity index (χ4n) is 2.79. The highest BCUT2D eigenvalue weighted by Gasteiger charge is 2.12. The summed E-state index contributed by atoms with van der Waals surface area (Å²) >= 11 is 0. The van der Waals surface area contributed by atoms with Gasteiger partial charge in [-0.25, -0.2) is 4.39 Å². The van der Waals surface area contributed by atoms with E-state index in [1.165, 1.54) is 29.7 Å². The number of rotatable bonds is 4. The number of hydrogen-bond donors (Lipinski definition) is 1. The number of carbonyl (C=O) groups excluding carboxylic acids is 1. The third-order valence-electron chi connectivity index (χ3n) is 3.93. The first-order valence-electron chi connectivity index (χ1n) is 7.32. The molecular formula is C18H18FNO. The van der Waals surface area contributed by atoms with Crippen LogP contribution < -0.4 is 5.32 Å². The number of aryl methyl sites for hydroxylation is 2. The second-order valence-electron chi connectivity index (χ2n) is 5.54. The van der Waals surface area contributed by atoms with E-state index in [0.29, 0.717) is 13.0 Å². The molecule has 0 bridgehead atoms. The first-order valence-corrected chi connectivity index (χ1v) is 7.32. The topological polar surface area (TPSA) is 29.1 Å². The van der Waals surface area contributed by atoms with Gasteiger partial charge >= 0.3 is 0 Å². The Morgan fingerprint density at radius 2 is 1.71 bits per heavy atom. The maximum atomic E-state index is 12.8. The average Bonchev–Trinajstić information content (AvgIpc) is 2.94. The molecule has 0 aliphatic heterocycles. The Morgan fingerprint density at radius 3 is 2.52 bits per heavy atom. The van der Waals surface area contributed by atoms with Crippen LogP contribution in [0.25, 0.3) is 0 Å². The van der Waals surface area contributed by atoms with Crippen LogP contribution >= 0.6 is 0 Å². The largest absolute Gasteiger partial charge is 0.352 e. The fourth-order valence-corrected chi connectivity index (χ4v) is 2.79. The molecule has 0 radical (unpaired) electrons. The van der Waals surface area contributed by atoms with Crippen LogP contribution in [-0.2, 0) is 30.6 Å². The first-order chi connectivity index (χ1) is 10.2. The summed E-state index contributed by atoms with van der Waals surface area (Å²) in [5, 5.41) is 2.87. The van der Waals surface area contributed by atoms with Gasteiger partial charge in [-0.2, -0.15) is 0 Å². The maximum Gasteiger partial charge on any atom is 0.224 e. The van der Waals surface area contributed by atoms with Gasteiger partial charge in [0.2, 0.25) is 5.91 Å². The molecule has 2 aromatic carbocycles. The van der Waals surface area contributed by atoms with E-state index >= 15 is 0 Å². The van der Waals surface area contributed by atoms with Gasteiger partial charge in [0.1, 0.15) is 5.82 Å². The van der Waals surface area contributed by atoms with E-state index in [-0.39, 0.29) is 11.7 Å². The number of amides is 1. The zero-order valence-corrected chi connectivity index (χ0v) is 11.9. The molecule has 0 aromatic heterocycles. The van der Waals surface area contributed by atoms with Gasteiger partial charge in [-0.05, 0) is 53.6 Å². The number of carbonyl (C=O) groups is 1. The lowest BCUT2D eigenvalue weighted by Crippen LogP contribution is -2.24. The molecule has 21 heavy (non-hydrogen) atoms. The number of benzene rings is 2. The highest BCUT2D eigenvalue weighted by atomic mass is 19.1. The summed E-state index contributed by atoms with van der Waals surface area (Å²) in [6.07, 6.45) is 3.90. The summed E-state index contributed by atoms with van der Waals surface area (Å²) in [5.41, 5.74) is 4.77. The summed E-state index contributed by atoms with van der Waals surface area (Å²) in [6, 6.07) is 12.5. The first kappa shape index (κ1) is 13.8. The van der Waals surface area contributed by atoms with Crippen LogP contribution in [0.4, 0.5) is 4.39 Å². The summed E-state index contributed by atoms with van der Waals surface area (Å²) in [5.74, 6) is -0.263. The van der Waals surface area contributed by atoms with Crippen molar-refractivity contribution in [2.45, 2.75) is 32.2 Å². The SMILES string of the molecule is O=C(Cc1ccc2c(c1)CCC2)NCc1ccc(F)cc1. The quantitative estimate of drug-likeness (QED) is 0.917. The van der Waals surface area contributed by atoms with E-state index in [1.54, 1.807) is 12.1 Å². The minimum absolute atomic E-state index is 0.00253. The van der Waals surface area contributed by atoms with Crippen LogP contribution in [0.5, 0.6) is 0 Å². The van der Waals surface area contributed by atoms with Gasteiger partial charge in [-0.3, -0.25) is 4.79 Å². The Bertz CT molecular complexity index is 649. The van der Waals surface area contributed by atoms with Gasteiger partial charge in [0.25, 0.3) is 0 Å². The van der Waals surface area contributed by atoms with Gasteiger partial charge in [-0.15, -0.1) is 0 Å². The van der Waals surface area contributed by atoms with Crippen LogP contribution in [0, 0.1) is 5.82 Å². The van der Waals surface area contributed by atoms with Crippen LogP contribution in [0.15, 0.2) is 42.5 Å². The fraction of sp³-hybridized carbons (Fsp3) is 0.278. The van der Waals surface area contributed by atoms with E-state index in [9.17, 15) is 9.18 Å². The highest BCUT2D eigenvalue weighted by Crippen LogP contribution is 2.22. The van der Waals surface area contributed by atoms with E-state index < -0.39 is 0 Å². The molecule has 0 atom stereocenters. The molecule has 0 heterocycles. The molecule has 1 N–H and O–H groups in total. The molecule has 108 valence electrons. The van der Waals surface area contributed by atoms with Gasteiger partial charge < -0.3 is 5.32 Å². The smallest absolute Gasteiger partial charge is 0.224 e. The molecule has 0 spiro atoms. The highest BCUT2D eigenvalue weighted by molar-refractivity contribution is 5.78. The van der Waals surface area contributed by atoms with Gasteiger partial charge in [-0.1, -0.05) is 30.3 Å². The van der Waals surface area contributed by atoms with Crippen molar-refractivity contribution < 1.29 is 9.18 Å². The van der Waals surface area contributed by atoms with Gasteiger partial charge in [0, 0.05) is 6.54 Å². The summed E-state index contributed by atoms with van der Waals surface area (Å²) < 4.78 is 12.8. The second kappa shape index (κ2) is 6.08. The molecule has 2 nitrogen and oxygen atoms in total. The van der Waals surface area contributed by atoms with Gasteiger partial charge in [0.05, 0.1) is 6.42 Å². The zero-order chi connectivity index (χ0) is 14.7. The predicted molar refractivity (Wildman–Crippen MR) is 80.4 cm³/mol. The predicted octanol–water partition coefficient (Wildman–Crippen LogP) is 3.17. The summed E-state index contributed by atoms with van der Waals surface area (Å²) in [6.45, 7) is 0.435. The van der Waals surface area contributed by atoms with Crippen LogP contribution in [0.2, 0.25) is 0 Å². The monoisotopic (exact) mass is 283 g/mol. The molecule has 0 saturated heterocycles. The Kier molecular flexibility index (Phi) is 4.00. The molecule has 1 aliphatic carbocycles. The summed E-state index contributed by atoms with van der Waals surface area (Å²) in [7, 11) is 0. The van der Waals surface area contributed by atoms with Crippen molar-refractivity contribution in [1.29, 1.82) is 0 Å². The van der Waals surface area contributed by atoms with Crippen molar-refractivity contribution in [3.8, 4) is 0 Å². The van der Waals surface area contributed by atoms with E-state index in [2.05, 4.69) is 17.4 Å². The Balaban J connectivity index is 1.55. The molecule has 1 aliphatic rings. The maximum absolute atomic E-state index is 12.8. The van der Waals surface area contributed by atoms with Crippen molar-refractivity contribution >= 4 is 5.91 Å². The van der Waals surface area contributed by atoms with Crippen LogP contribution in [0.1, 0.15) is 28.7 Å². The van der Waals surface area contributed by atoms with E-state index in [4.69, 9.17) is 0 Å². The van der Waals surface area contributed by atoms with Crippen molar-refractivity contribution in [3.63, 3.8) is 0 Å². The van der Waals surface area contributed by atoms with Gasteiger partial charge in [0.15, 0.2) is 0 Å². The minimum Gasteiger partial charge on any atom is -0.352 e. The number of fused-ring (bicyclic) bond motifs is 1. The minimum atomic E-state index is -0.261. The molecule has 0 saturated carbocycles. The molecule has 3 rings (SSSR count). The number of halogens is 1. The second-order valence-corrected chi connectivity index (χ2v) is 5.54. The Hall–Kier alpha value is -2.16. The van der Waals surface area contributed by atoms with Crippen LogP contribution in [0.3, 0.4) is 0 Å². The molecule has 3 heteroatoms. The lowest BCUT2D eigenvalue weighted by Gasteiger charge is -2.07. The lowest BCUT2D eigenvalue weighted by molar-refractivity contribution is -0.120.